The van der Waals surface area contributed by atoms with Gasteiger partial charge in [0.1, 0.15) is 5.54 Å². The number of hydrogen-bond donors (Lipinski definition) is 2. The summed E-state index contributed by atoms with van der Waals surface area (Å²) in [5.41, 5.74) is -0.774. The zero-order valence-corrected chi connectivity index (χ0v) is 14.2. The van der Waals surface area contributed by atoms with Crippen LogP contribution in [0.25, 0.3) is 0 Å². The van der Waals surface area contributed by atoms with E-state index in [1.165, 1.54) is 0 Å². The van der Waals surface area contributed by atoms with Gasteiger partial charge in [-0.15, -0.1) is 0 Å². The van der Waals surface area contributed by atoms with Crippen LogP contribution in [0.5, 0.6) is 0 Å². The summed E-state index contributed by atoms with van der Waals surface area (Å²) in [6.45, 7) is 9.62. The molecule has 2 N–H and O–H groups in total. The summed E-state index contributed by atoms with van der Waals surface area (Å²) in [5.74, 6) is -0.715. The largest absolute Gasteiger partial charge is 0.480 e. The van der Waals surface area contributed by atoms with Crippen molar-refractivity contribution in [3.63, 3.8) is 0 Å². The Balaban J connectivity index is 2.62. The van der Waals surface area contributed by atoms with Gasteiger partial charge in [-0.3, -0.25) is 10.1 Å². The lowest BCUT2D eigenvalue weighted by Gasteiger charge is -2.42. The van der Waals surface area contributed by atoms with Gasteiger partial charge in [-0.2, -0.15) is 0 Å². The van der Waals surface area contributed by atoms with Crippen LogP contribution in [-0.2, 0) is 9.53 Å². The van der Waals surface area contributed by atoms with Crippen LogP contribution < -0.4 is 5.32 Å². The SMILES string of the molecule is CC(C)NC1(C(=O)O)CCCC(N(C)CCOC(C)C)C1. The summed E-state index contributed by atoms with van der Waals surface area (Å²) >= 11 is 0. The van der Waals surface area contributed by atoms with Gasteiger partial charge in [0.25, 0.3) is 0 Å². The molecule has 0 heterocycles. The zero-order valence-electron chi connectivity index (χ0n) is 14.2. The number of carbonyl (C=O) groups is 1. The molecule has 1 aliphatic rings. The Bertz CT molecular complexity index is 333. The first-order valence-corrected chi connectivity index (χ1v) is 8.10. The molecule has 1 fully saturated rings. The molecule has 0 aliphatic heterocycles. The molecule has 0 radical (unpaired) electrons. The van der Waals surface area contributed by atoms with Crippen LogP contribution in [0.3, 0.4) is 0 Å². The van der Waals surface area contributed by atoms with E-state index in [0.717, 1.165) is 19.4 Å². The summed E-state index contributed by atoms with van der Waals surface area (Å²) in [5, 5.41) is 13.0. The second-order valence-electron chi connectivity index (χ2n) is 6.84. The predicted octanol–water partition coefficient (Wildman–Crippen LogP) is 2.11. The summed E-state index contributed by atoms with van der Waals surface area (Å²) in [4.78, 5) is 14.0. The minimum atomic E-state index is -0.774. The quantitative estimate of drug-likeness (QED) is 0.719. The van der Waals surface area contributed by atoms with Gasteiger partial charge >= 0.3 is 5.97 Å². The number of likely N-dealkylation sites (N-methyl/N-ethyl adjacent to an activating group) is 1. The molecular formula is C16H32N2O3. The standard InChI is InChI=1S/C16H32N2O3/c1-12(2)17-16(15(19)20)8-6-7-14(11-16)18(5)9-10-21-13(3)4/h12-14,17H,6-11H2,1-5H3,(H,19,20). The van der Waals surface area contributed by atoms with E-state index in [9.17, 15) is 9.90 Å². The van der Waals surface area contributed by atoms with E-state index in [1.807, 2.05) is 27.7 Å². The van der Waals surface area contributed by atoms with Crippen LogP contribution in [-0.4, -0.2) is 59.9 Å². The van der Waals surface area contributed by atoms with Crippen molar-refractivity contribution in [3.05, 3.63) is 0 Å². The number of nitrogens with zero attached hydrogens (tertiary/aromatic N) is 1. The van der Waals surface area contributed by atoms with Gasteiger partial charge < -0.3 is 14.7 Å². The van der Waals surface area contributed by atoms with Gasteiger partial charge in [0, 0.05) is 18.6 Å². The highest BCUT2D eigenvalue weighted by Gasteiger charge is 2.43. The zero-order chi connectivity index (χ0) is 16.0. The lowest BCUT2D eigenvalue weighted by atomic mass is 9.78. The molecule has 0 amide bonds. The van der Waals surface area contributed by atoms with Crippen LogP contribution in [0, 0.1) is 0 Å². The van der Waals surface area contributed by atoms with Gasteiger partial charge in [0.15, 0.2) is 0 Å². The molecule has 124 valence electrons. The lowest BCUT2D eigenvalue weighted by molar-refractivity contribution is -0.147. The fraction of sp³-hybridized carbons (Fsp3) is 0.938. The molecule has 1 saturated carbocycles. The van der Waals surface area contributed by atoms with Crippen molar-refractivity contribution in [3.8, 4) is 0 Å². The molecule has 1 aliphatic carbocycles. The molecule has 2 unspecified atom stereocenters. The minimum Gasteiger partial charge on any atom is -0.480 e. The van der Waals surface area contributed by atoms with Crippen molar-refractivity contribution in [2.75, 3.05) is 20.2 Å². The third kappa shape index (κ3) is 5.57. The Morgan fingerprint density at radius 1 is 1.43 bits per heavy atom. The number of rotatable bonds is 8. The van der Waals surface area contributed by atoms with Crippen molar-refractivity contribution in [2.45, 2.75) is 77.1 Å². The maximum absolute atomic E-state index is 11.8. The molecule has 0 bridgehead atoms. The molecular weight excluding hydrogens is 268 g/mol. The molecule has 0 saturated heterocycles. The van der Waals surface area contributed by atoms with Crippen LogP contribution in [0.4, 0.5) is 0 Å². The van der Waals surface area contributed by atoms with Gasteiger partial charge in [-0.05, 0) is 60.4 Å². The van der Waals surface area contributed by atoms with Crippen LogP contribution in [0.1, 0.15) is 53.4 Å². The number of carboxylic acids is 1. The fourth-order valence-corrected chi connectivity index (χ4v) is 3.18. The molecule has 0 aromatic rings. The van der Waals surface area contributed by atoms with Crippen LogP contribution in [0.15, 0.2) is 0 Å². The van der Waals surface area contributed by atoms with Crippen LogP contribution >= 0.6 is 0 Å². The average molecular weight is 300 g/mol. The average Bonchev–Trinajstić information content (AvgIpc) is 2.37. The van der Waals surface area contributed by atoms with Gasteiger partial charge in [-0.1, -0.05) is 0 Å². The smallest absolute Gasteiger partial charge is 0.323 e. The molecule has 0 spiro atoms. The molecule has 21 heavy (non-hydrogen) atoms. The Labute approximate surface area is 129 Å². The van der Waals surface area contributed by atoms with Crippen molar-refractivity contribution in [1.29, 1.82) is 0 Å². The highest BCUT2D eigenvalue weighted by molar-refractivity contribution is 5.79. The van der Waals surface area contributed by atoms with Gasteiger partial charge in [0.05, 0.1) is 12.7 Å². The van der Waals surface area contributed by atoms with E-state index in [-0.39, 0.29) is 12.1 Å². The van der Waals surface area contributed by atoms with Crippen LogP contribution in [0.2, 0.25) is 0 Å². The van der Waals surface area contributed by atoms with E-state index >= 15 is 0 Å². The lowest BCUT2D eigenvalue weighted by Crippen LogP contribution is -2.59. The Morgan fingerprint density at radius 2 is 2.10 bits per heavy atom. The minimum absolute atomic E-state index is 0.175. The molecule has 2 atom stereocenters. The normalized spacial score (nSPS) is 26.8. The summed E-state index contributed by atoms with van der Waals surface area (Å²) in [6, 6.07) is 0.478. The number of nitrogens with one attached hydrogen (secondary N) is 1. The first-order valence-electron chi connectivity index (χ1n) is 8.10. The third-order valence-corrected chi connectivity index (χ3v) is 4.22. The second kappa shape index (κ2) is 8.11. The number of aliphatic carboxylic acids is 1. The van der Waals surface area contributed by atoms with Gasteiger partial charge in [0.2, 0.25) is 0 Å². The summed E-state index contributed by atoms with van der Waals surface area (Å²) in [6.07, 6.45) is 3.64. The van der Waals surface area contributed by atoms with Crippen molar-refractivity contribution in [2.24, 2.45) is 0 Å². The molecule has 0 aromatic heterocycles. The van der Waals surface area contributed by atoms with Crippen molar-refractivity contribution in [1.82, 2.24) is 10.2 Å². The number of carboxylic acid groups (broad SMARTS) is 1. The highest BCUT2D eigenvalue weighted by atomic mass is 16.5. The molecule has 5 heteroatoms. The maximum Gasteiger partial charge on any atom is 0.323 e. The Kier molecular flexibility index (Phi) is 7.10. The Morgan fingerprint density at radius 3 is 2.62 bits per heavy atom. The van der Waals surface area contributed by atoms with Crippen molar-refractivity contribution < 1.29 is 14.6 Å². The van der Waals surface area contributed by atoms with Gasteiger partial charge in [-0.25, -0.2) is 0 Å². The number of ether oxygens (including phenoxy) is 1. The topological polar surface area (TPSA) is 61.8 Å². The third-order valence-electron chi connectivity index (χ3n) is 4.22. The van der Waals surface area contributed by atoms with Crippen molar-refractivity contribution >= 4 is 5.97 Å². The van der Waals surface area contributed by atoms with E-state index < -0.39 is 11.5 Å². The first-order chi connectivity index (χ1) is 9.77. The van der Waals surface area contributed by atoms with E-state index in [2.05, 4.69) is 17.3 Å². The Hall–Kier alpha value is -0.650. The molecule has 0 aromatic carbocycles. The van der Waals surface area contributed by atoms with E-state index in [1.54, 1.807) is 0 Å². The van der Waals surface area contributed by atoms with E-state index in [0.29, 0.717) is 25.5 Å². The first kappa shape index (κ1) is 18.4. The fourth-order valence-electron chi connectivity index (χ4n) is 3.18. The number of hydrogen-bond acceptors (Lipinski definition) is 4. The second-order valence-corrected chi connectivity index (χ2v) is 6.84. The molecule has 5 nitrogen and oxygen atoms in total. The molecule has 1 rings (SSSR count). The predicted molar refractivity (Wildman–Crippen MR) is 84.6 cm³/mol. The summed E-state index contributed by atoms with van der Waals surface area (Å²) in [7, 11) is 2.07. The van der Waals surface area contributed by atoms with E-state index in [4.69, 9.17) is 4.74 Å². The highest BCUT2D eigenvalue weighted by Crippen LogP contribution is 2.31. The summed E-state index contributed by atoms with van der Waals surface area (Å²) < 4.78 is 5.59. The monoisotopic (exact) mass is 300 g/mol. The maximum atomic E-state index is 11.8.